The Hall–Kier alpha value is -2.47. The topological polar surface area (TPSA) is 55.6 Å². The van der Waals surface area contributed by atoms with Crippen LogP contribution in [0.25, 0.3) is 6.08 Å². The van der Waals surface area contributed by atoms with Gasteiger partial charge in [0.2, 0.25) is 0 Å². The van der Waals surface area contributed by atoms with Gasteiger partial charge >= 0.3 is 0 Å². The fourth-order valence-corrected chi connectivity index (χ4v) is 3.97. The second-order valence-electron chi connectivity index (χ2n) is 6.47. The molecule has 1 aromatic heterocycles. The number of carbonyl (C=O) groups excluding carboxylic acids is 1. The van der Waals surface area contributed by atoms with E-state index in [1.54, 1.807) is 7.11 Å². The molecule has 136 valence electrons. The van der Waals surface area contributed by atoms with E-state index in [2.05, 4.69) is 48.6 Å². The van der Waals surface area contributed by atoms with Gasteiger partial charge in [0.1, 0.15) is 5.75 Å². The molecule has 0 atom stereocenters. The van der Waals surface area contributed by atoms with Crippen LogP contribution < -0.4 is 10.1 Å². The van der Waals surface area contributed by atoms with Crippen molar-refractivity contribution in [3.05, 3.63) is 52.2 Å². The highest BCUT2D eigenvalue weighted by Gasteiger charge is 2.24. The molecule has 1 N–H and O–H groups in total. The lowest BCUT2D eigenvalue weighted by molar-refractivity contribution is -0.115. The monoisotopic (exact) mass is 369 g/mol. The first-order valence-corrected chi connectivity index (χ1v) is 9.32. The van der Waals surface area contributed by atoms with Crippen LogP contribution in [0.1, 0.15) is 36.8 Å². The van der Waals surface area contributed by atoms with Gasteiger partial charge in [-0.3, -0.25) is 4.79 Å². The molecule has 1 aliphatic rings. The zero-order valence-electron chi connectivity index (χ0n) is 15.7. The number of aryl methyl sites for hydroxylation is 1. The Labute approximate surface area is 158 Å². The summed E-state index contributed by atoms with van der Waals surface area (Å²) >= 11 is 1.36. The van der Waals surface area contributed by atoms with Crippen LogP contribution in [0.5, 0.6) is 5.75 Å². The van der Waals surface area contributed by atoms with E-state index < -0.39 is 0 Å². The third-order valence-electron chi connectivity index (χ3n) is 4.28. The first kappa shape index (κ1) is 18.3. The number of amidine groups is 1. The zero-order chi connectivity index (χ0) is 18.8. The minimum Gasteiger partial charge on any atom is -0.497 e. The number of hydrogen-bond acceptors (Lipinski definition) is 4. The Kier molecular flexibility index (Phi) is 5.23. The van der Waals surface area contributed by atoms with Crippen LogP contribution in [0, 0.1) is 13.8 Å². The average molecular weight is 369 g/mol. The van der Waals surface area contributed by atoms with Crippen molar-refractivity contribution in [3.8, 4) is 5.75 Å². The lowest BCUT2D eigenvalue weighted by Gasteiger charge is -2.13. The van der Waals surface area contributed by atoms with Crippen molar-refractivity contribution in [3.63, 3.8) is 0 Å². The molecular formula is C20H23N3O2S. The second-order valence-corrected chi connectivity index (χ2v) is 7.50. The van der Waals surface area contributed by atoms with Crippen molar-refractivity contribution in [1.29, 1.82) is 0 Å². The maximum Gasteiger partial charge on any atom is 0.264 e. The number of thioether (sulfide) groups is 1. The van der Waals surface area contributed by atoms with Crippen molar-refractivity contribution >= 4 is 34.6 Å². The number of amides is 1. The summed E-state index contributed by atoms with van der Waals surface area (Å²) in [5.41, 5.74) is 4.20. The number of ether oxygens (including phenoxy) is 1. The molecule has 1 fully saturated rings. The van der Waals surface area contributed by atoms with Crippen molar-refractivity contribution in [2.45, 2.75) is 33.7 Å². The Morgan fingerprint density at radius 1 is 1.23 bits per heavy atom. The van der Waals surface area contributed by atoms with E-state index in [9.17, 15) is 4.79 Å². The highest BCUT2D eigenvalue weighted by Crippen LogP contribution is 2.30. The fourth-order valence-electron chi connectivity index (χ4n) is 3.14. The molecule has 0 radical (unpaired) electrons. The van der Waals surface area contributed by atoms with Crippen molar-refractivity contribution in [2.24, 2.45) is 4.99 Å². The molecular weight excluding hydrogens is 346 g/mol. The van der Waals surface area contributed by atoms with Gasteiger partial charge in [-0.25, -0.2) is 4.99 Å². The molecule has 26 heavy (non-hydrogen) atoms. The Bertz CT molecular complexity index is 893. The van der Waals surface area contributed by atoms with E-state index in [0.29, 0.717) is 16.1 Å². The molecule has 0 aliphatic carbocycles. The van der Waals surface area contributed by atoms with Gasteiger partial charge < -0.3 is 14.6 Å². The normalized spacial score (nSPS) is 17.4. The molecule has 2 aromatic rings. The van der Waals surface area contributed by atoms with Crippen molar-refractivity contribution < 1.29 is 9.53 Å². The van der Waals surface area contributed by atoms with Gasteiger partial charge in [-0.05, 0) is 81.4 Å². The number of hydrogen-bond donors (Lipinski definition) is 1. The number of carbonyl (C=O) groups is 1. The molecule has 1 aromatic carbocycles. The quantitative estimate of drug-likeness (QED) is 0.802. The van der Waals surface area contributed by atoms with Crippen LogP contribution in [0.3, 0.4) is 0 Å². The molecule has 1 amide bonds. The first-order valence-electron chi connectivity index (χ1n) is 8.51. The van der Waals surface area contributed by atoms with Crippen LogP contribution >= 0.6 is 11.8 Å². The standard InChI is InChI=1S/C20H23N3O2S/c1-12(2)23-13(3)10-15(14(23)4)11-18-19(24)22-20(26-18)21-16-6-8-17(25-5)9-7-16/h6-12H,1-5H3,(H,21,22,24)/b18-11+. The highest BCUT2D eigenvalue weighted by molar-refractivity contribution is 8.18. The largest absolute Gasteiger partial charge is 0.497 e. The number of rotatable bonds is 4. The molecule has 6 heteroatoms. The maximum atomic E-state index is 12.3. The smallest absolute Gasteiger partial charge is 0.264 e. The summed E-state index contributed by atoms with van der Waals surface area (Å²) in [6.45, 7) is 8.50. The second kappa shape index (κ2) is 7.41. The highest BCUT2D eigenvalue weighted by atomic mass is 32.2. The van der Waals surface area contributed by atoms with Crippen LogP contribution in [0.15, 0.2) is 40.2 Å². The number of nitrogens with zero attached hydrogens (tertiary/aromatic N) is 2. The Morgan fingerprint density at radius 3 is 2.50 bits per heavy atom. The lowest BCUT2D eigenvalue weighted by atomic mass is 10.2. The van der Waals surface area contributed by atoms with E-state index in [0.717, 1.165) is 17.0 Å². The molecule has 1 aliphatic heterocycles. The van der Waals surface area contributed by atoms with Crippen molar-refractivity contribution in [1.82, 2.24) is 9.88 Å². The van der Waals surface area contributed by atoms with Gasteiger partial charge in [0.15, 0.2) is 5.17 Å². The minimum absolute atomic E-state index is 0.114. The molecule has 2 heterocycles. The molecule has 3 rings (SSSR count). The van der Waals surface area contributed by atoms with Gasteiger partial charge in [0.05, 0.1) is 17.7 Å². The summed E-state index contributed by atoms with van der Waals surface area (Å²) in [5.74, 6) is 0.662. The third-order valence-corrected chi connectivity index (χ3v) is 5.19. The van der Waals surface area contributed by atoms with E-state index in [-0.39, 0.29) is 5.91 Å². The van der Waals surface area contributed by atoms with Gasteiger partial charge in [-0.2, -0.15) is 0 Å². The van der Waals surface area contributed by atoms with Crippen LogP contribution in [0.4, 0.5) is 5.69 Å². The number of aromatic nitrogens is 1. The SMILES string of the molecule is COc1ccc(N=C2NC(=O)/C(=C\c3cc(C)n(C(C)C)c3C)S2)cc1. The predicted octanol–water partition coefficient (Wildman–Crippen LogP) is 4.59. The Balaban J connectivity index is 1.84. The molecule has 0 saturated carbocycles. The maximum absolute atomic E-state index is 12.3. The summed E-state index contributed by atoms with van der Waals surface area (Å²) in [5, 5.41) is 3.42. The number of nitrogens with one attached hydrogen (secondary N) is 1. The number of benzene rings is 1. The Morgan fingerprint density at radius 2 is 1.92 bits per heavy atom. The predicted molar refractivity (Wildman–Crippen MR) is 108 cm³/mol. The van der Waals surface area contributed by atoms with Crippen LogP contribution in [-0.4, -0.2) is 22.8 Å². The van der Waals surface area contributed by atoms with Crippen LogP contribution in [-0.2, 0) is 4.79 Å². The summed E-state index contributed by atoms with van der Waals surface area (Å²) in [6, 6.07) is 9.91. The zero-order valence-corrected chi connectivity index (χ0v) is 16.5. The minimum atomic E-state index is -0.114. The van der Waals surface area contributed by atoms with Gasteiger partial charge in [0.25, 0.3) is 5.91 Å². The molecule has 1 saturated heterocycles. The average Bonchev–Trinajstić information content (AvgIpc) is 3.07. The fraction of sp³-hybridized carbons (Fsp3) is 0.300. The molecule has 0 spiro atoms. The first-order chi connectivity index (χ1) is 12.4. The van der Waals surface area contributed by atoms with Gasteiger partial charge in [0, 0.05) is 17.4 Å². The van der Waals surface area contributed by atoms with Crippen molar-refractivity contribution in [2.75, 3.05) is 7.11 Å². The summed E-state index contributed by atoms with van der Waals surface area (Å²) < 4.78 is 7.42. The number of methoxy groups -OCH3 is 1. The van der Waals surface area contributed by atoms with E-state index >= 15 is 0 Å². The molecule has 5 nitrogen and oxygen atoms in total. The third kappa shape index (κ3) is 3.70. The summed E-state index contributed by atoms with van der Waals surface area (Å²) in [6.07, 6.45) is 1.94. The van der Waals surface area contributed by atoms with E-state index in [1.165, 1.54) is 23.1 Å². The van der Waals surface area contributed by atoms with Crippen LogP contribution in [0.2, 0.25) is 0 Å². The molecule has 0 unspecified atom stereocenters. The lowest BCUT2D eigenvalue weighted by Crippen LogP contribution is -2.19. The van der Waals surface area contributed by atoms with E-state index in [4.69, 9.17) is 4.74 Å². The summed E-state index contributed by atoms with van der Waals surface area (Å²) in [4.78, 5) is 17.5. The molecule has 0 bridgehead atoms. The van der Waals surface area contributed by atoms with E-state index in [1.807, 2.05) is 30.3 Å². The van der Waals surface area contributed by atoms with Gasteiger partial charge in [-0.1, -0.05) is 0 Å². The van der Waals surface area contributed by atoms with Gasteiger partial charge in [-0.15, -0.1) is 0 Å². The number of aliphatic imine (C=N–C) groups is 1. The summed E-state index contributed by atoms with van der Waals surface area (Å²) in [7, 11) is 1.63.